The van der Waals surface area contributed by atoms with E-state index in [-0.39, 0.29) is 16.8 Å². The standard InChI is InChI=1S/C25H23N3O7/c1-15-9-10-20-21(11-15)25(32)27(24(20)31)26(14-22(29)16-5-4-8-19(13-16)35-2)23(30)17-6-3-7-18(12-17)28(33)34/h3-9,12-13,20-21H,10-11,14H2,1-2H3/t20-,21+/m1/s1. The summed E-state index contributed by atoms with van der Waals surface area (Å²) in [7, 11) is 1.45. The van der Waals surface area contributed by atoms with Gasteiger partial charge in [-0.2, -0.15) is 5.01 Å². The van der Waals surface area contributed by atoms with Gasteiger partial charge in [-0.15, -0.1) is 0 Å². The lowest BCUT2D eigenvalue weighted by Gasteiger charge is -2.30. The van der Waals surface area contributed by atoms with E-state index < -0.39 is 46.8 Å². The number of hydrogen-bond acceptors (Lipinski definition) is 7. The number of amides is 3. The van der Waals surface area contributed by atoms with Crippen LogP contribution in [0, 0.1) is 22.0 Å². The first-order chi connectivity index (χ1) is 16.7. The molecule has 2 atom stereocenters. The number of carbonyl (C=O) groups is 4. The number of nitrogens with zero attached hydrogens (tertiary/aromatic N) is 3. The number of hydrogen-bond donors (Lipinski definition) is 0. The minimum Gasteiger partial charge on any atom is -0.497 e. The van der Waals surface area contributed by atoms with Crippen LogP contribution in [0.15, 0.2) is 60.2 Å². The minimum absolute atomic E-state index is 0.123. The fraction of sp³-hybridized carbons (Fsp3) is 0.280. The molecule has 10 heteroatoms. The van der Waals surface area contributed by atoms with Gasteiger partial charge >= 0.3 is 0 Å². The number of carbonyl (C=O) groups excluding carboxylic acids is 4. The summed E-state index contributed by atoms with van der Waals surface area (Å²) >= 11 is 0. The number of hydrazine groups is 1. The van der Waals surface area contributed by atoms with Crippen molar-refractivity contribution >= 4 is 29.2 Å². The average molecular weight is 477 g/mol. The molecule has 0 unspecified atom stereocenters. The van der Waals surface area contributed by atoms with Gasteiger partial charge in [-0.25, -0.2) is 5.01 Å². The molecule has 1 aliphatic heterocycles. The summed E-state index contributed by atoms with van der Waals surface area (Å²) in [5, 5.41) is 12.8. The van der Waals surface area contributed by atoms with Gasteiger partial charge in [0.25, 0.3) is 23.4 Å². The molecule has 0 bridgehead atoms. The molecule has 0 saturated carbocycles. The quantitative estimate of drug-likeness (QED) is 0.197. The van der Waals surface area contributed by atoms with Crippen molar-refractivity contribution in [3.63, 3.8) is 0 Å². The van der Waals surface area contributed by atoms with E-state index in [1.165, 1.54) is 37.4 Å². The normalized spacial score (nSPS) is 19.1. The second-order valence-corrected chi connectivity index (χ2v) is 8.52. The Bertz CT molecular complexity index is 1270. The van der Waals surface area contributed by atoms with E-state index in [4.69, 9.17) is 4.74 Å². The SMILES string of the molecule is COc1cccc(C(=O)CN(C(=O)c2cccc([N+](=O)[O-])c2)N2C(=O)[C@H]3CC(C)=CC[C@H]3C2=O)c1. The summed E-state index contributed by atoms with van der Waals surface area (Å²) in [6.45, 7) is 1.26. The molecule has 180 valence electrons. The van der Waals surface area contributed by atoms with Crippen molar-refractivity contribution in [1.82, 2.24) is 10.0 Å². The number of nitro groups is 1. The molecular formula is C25H23N3O7. The van der Waals surface area contributed by atoms with Crippen LogP contribution >= 0.6 is 0 Å². The average Bonchev–Trinajstić information content (AvgIpc) is 3.10. The predicted molar refractivity (Wildman–Crippen MR) is 123 cm³/mol. The molecule has 1 heterocycles. The molecular weight excluding hydrogens is 454 g/mol. The highest BCUT2D eigenvalue weighted by atomic mass is 16.6. The zero-order chi connectivity index (χ0) is 25.3. The predicted octanol–water partition coefficient (Wildman–Crippen LogP) is 3.18. The molecule has 1 saturated heterocycles. The maximum absolute atomic E-state index is 13.5. The maximum Gasteiger partial charge on any atom is 0.273 e. The monoisotopic (exact) mass is 477 g/mol. The molecule has 1 fully saturated rings. The number of benzene rings is 2. The molecule has 3 amide bonds. The van der Waals surface area contributed by atoms with Crippen molar-refractivity contribution in [1.29, 1.82) is 0 Å². The summed E-state index contributed by atoms with van der Waals surface area (Å²) in [4.78, 5) is 63.8. The van der Waals surface area contributed by atoms with Gasteiger partial charge in [0.2, 0.25) is 0 Å². The number of non-ortho nitro benzene ring substituents is 1. The third-order valence-electron chi connectivity index (χ3n) is 6.26. The van der Waals surface area contributed by atoms with E-state index >= 15 is 0 Å². The van der Waals surface area contributed by atoms with Crippen LogP contribution in [-0.4, -0.2) is 52.1 Å². The van der Waals surface area contributed by atoms with E-state index in [1.54, 1.807) is 12.1 Å². The van der Waals surface area contributed by atoms with Gasteiger partial charge in [0.1, 0.15) is 12.3 Å². The molecule has 0 aromatic heterocycles. The summed E-state index contributed by atoms with van der Waals surface area (Å²) < 4.78 is 5.15. The summed E-state index contributed by atoms with van der Waals surface area (Å²) in [6.07, 6.45) is 2.64. The van der Waals surface area contributed by atoms with Gasteiger partial charge in [-0.05, 0) is 38.0 Å². The first-order valence-electron chi connectivity index (χ1n) is 11.0. The molecule has 35 heavy (non-hydrogen) atoms. The van der Waals surface area contributed by atoms with E-state index in [2.05, 4.69) is 0 Å². The number of ether oxygens (including phenoxy) is 1. The third-order valence-corrected chi connectivity index (χ3v) is 6.26. The Hall–Kier alpha value is -4.34. The molecule has 1 aliphatic carbocycles. The molecule has 2 aliphatic rings. The largest absolute Gasteiger partial charge is 0.497 e. The Labute approximate surface area is 200 Å². The molecule has 0 spiro atoms. The van der Waals surface area contributed by atoms with Crippen molar-refractivity contribution in [3.05, 3.63) is 81.4 Å². The number of fused-ring (bicyclic) bond motifs is 1. The topological polar surface area (TPSA) is 127 Å². The van der Waals surface area contributed by atoms with Gasteiger partial charge in [-0.1, -0.05) is 29.8 Å². The number of methoxy groups -OCH3 is 1. The maximum atomic E-state index is 13.5. The Morgan fingerprint density at radius 1 is 1.09 bits per heavy atom. The molecule has 2 aromatic rings. The van der Waals surface area contributed by atoms with E-state index in [1.807, 2.05) is 13.0 Å². The lowest BCUT2D eigenvalue weighted by atomic mass is 9.82. The third kappa shape index (κ3) is 4.54. The van der Waals surface area contributed by atoms with Gasteiger partial charge in [0, 0.05) is 23.3 Å². The van der Waals surface area contributed by atoms with Gasteiger partial charge in [-0.3, -0.25) is 29.3 Å². The van der Waals surface area contributed by atoms with Crippen molar-refractivity contribution < 1.29 is 28.8 Å². The fourth-order valence-electron chi connectivity index (χ4n) is 4.42. The Morgan fingerprint density at radius 2 is 1.77 bits per heavy atom. The Kier molecular flexibility index (Phi) is 6.46. The van der Waals surface area contributed by atoms with Crippen molar-refractivity contribution in [2.45, 2.75) is 19.8 Å². The smallest absolute Gasteiger partial charge is 0.273 e. The number of ketones is 1. The summed E-state index contributed by atoms with van der Waals surface area (Å²) in [5.74, 6) is -3.36. The van der Waals surface area contributed by atoms with Crippen LogP contribution in [0.3, 0.4) is 0 Å². The van der Waals surface area contributed by atoms with Gasteiger partial charge < -0.3 is 4.74 Å². The number of nitro benzene ring substituents is 1. The Balaban J connectivity index is 1.72. The van der Waals surface area contributed by atoms with Crippen LogP contribution in [-0.2, 0) is 9.59 Å². The Morgan fingerprint density at radius 3 is 2.49 bits per heavy atom. The van der Waals surface area contributed by atoms with Crippen molar-refractivity contribution in [2.75, 3.05) is 13.7 Å². The summed E-state index contributed by atoms with van der Waals surface area (Å²) in [6, 6.07) is 11.2. The first kappa shape index (κ1) is 23.8. The van der Waals surface area contributed by atoms with E-state index in [9.17, 15) is 29.3 Å². The van der Waals surface area contributed by atoms with Crippen LogP contribution in [0.25, 0.3) is 0 Å². The number of imide groups is 1. The second-order valence-electron chi connectivity index (χ2n) is 8.52. The van der Waals surface area contributed by atoms with Crippen LogP contribution in [0.4, 0.5) is 5.69 Å². The zero-order valence-electron chi connectivity index (χ0n) is 19.2. The van der Waals surface area contributed by atoms with Gasteiger partial charge in [0.05, 0.1) is 23.9 Å². The lowest BCUT2D eigenvalue weighted by molar-refractivity contribution is -0.384. The summed E-state index contributed by atoms with van der Waals surface area (Å²) in [5.41, 5.74) is 0.735. The molecule has 0 radical (unpaired) electrons. The van der Waals surface area contributed by atoms with E-state index in [0.29, 0.717) is 18.6 Å². The highest BCUT2D eigenvalue weighted by Crippen LogP contribution is 2.38. The molecule has 4 rings (SSSR count). The highest BCUT2D eigenvalue weighted by molar-refractivity contribution is 6.10. The zero-order valence-corrected chi connectivity index (χ0v) is 19.2. The number of allylic oxidation sites excluding steroid dienone is 2. The molecule has 2 aromatic carbocycles. The van der Waals surface area contributed by atoms with Crippen molar-refractivity contribution in [2.24, 2.45) is 11.8 Å². The highest BCUT2D eigenvalue weighted by Gasteiger charge is 2.51. The van der Waals surface area contributed by atoms with Crippen LogP contribution < -0.4 is 4.74 Å². The van der Waals surface area contributed by atoms with Crippen LogP contribution in [0.1, 0.15) is 40.5 Å². The second kappa shape index (κ2) is 9.49. The minimum atomic E-state index is -0.866. The van der Waals surface area contributed by atoms with Gasteiger partial charge in [0.15, 0.2) is 5.78 Å². The number of Topliss-reactive ketones (excluding diaryl/α,β-unsaturated/α-hetero) is 1. The fourth-order valence-corrected chi connectivity index (χ4v) is 4.42. The molecule has 10 nitrogen and oxygen atoms in total. The van der Waals surface area contributed by atoms with Crippen molar-refractivity contribution in [3.8, 4) is 5.75 Å². The number of rotatable bonds is 7. The van der Waals surface area contributed by atoms with Crippen LogP contribution in [0.2, 0.25) is 0 Å². The first-order valence-corrected chi connectivity index (χ1v) is 11.0. The lowest BCUT2D eigenvalue weighted by Crippen LogP contribution is -2.52. The molecule has 0 N–H and O–H groups in total. The van der Waals surface area contributed by atoms with Crippen LogP contribution in [0.5, 0.6) is 5.75 Å². The van der Waals surface area contributed by atoms with E-state index in [0.717, 1.165) is 21.7 Å².